The first-order valence-corrected chi connectivity index (χ1v) is 16.7. The van der Waals surface area contributed by atoms with Gasteiger partial charge in [-0.15, -0.1) is 0 Å². The van der Waals surface area contributed by atoms with E-state index in [2.05, 4.69) is 71.3 Å². The SMILES string of the molecule is COC(C)(C)CCC[C@@](C)(OC(=O)CBr)[C@H]1CC[C@]2(C)[C@@H]1[C@H](O)C[C@@H]1[C@@]3(C)CC[C@H](O)C(C)(C)[C@@H]3CC[C@]12C. The van der Waals surface area contributed by atoms with Gasteiger partial charge in [0.15, 0.2) is 0 Å². The van der Waals surface area contributed by atoms with Crippen LogP contribution in [0.1, 0.15) is 120 Å². The van der Waals surface area contributed by atoms with Crippen molar-refractivity contribution in [2.45, 2.75) is 143 Å². The maximum absolute atomic E-state index is 12.7. The normalized spacial score (nSPS) is 45.0. The lowest BCUT2D eigenvalue weighted by molar-refractivity contribution is -0.247. The van der Waals surface area contributed by atoms with Crippen LogP contribution in [0.5, 0.6) is 0 Å². The van der Waals surface area contributed by atoms with Gasteiger partial charge in [0.1, 0.15) is 10.9 Å². The highest BCUT2D eigenvalue weighted by Crippen LogP contribution is 2.76. The van der Waals surface area contributed by atoms with Crippen LogP contribution >= 0.6 is 15.9 Å². The third-order valence-corrected chi connectivity index (χ3v) is 14.1. The molecular weight excluding hydrogens is 556 g/mol. The number of hydrogen-bond donors (Lipinski definition) is 2. The summed E-state index contributed by atoms with van der Waals surface area (Å²) in [6, 6.07) is 0. The zero-order chi connectivity index (χ0) is 29.2. The van der Waals surface area contributed by atoms with Gasteiger partial charge in [-0.05, 0) is 124 Å². The van der Waals surface area contributed by atoms with E-state index in [0.717, 1.165) is 64.2 Å². The highest BCUT2D eigenvalue weighted by Gasteiger charge is 2.71. The molecule has 5 nitrogen and oxygen atoms in total. The molecule has 0 amide bonds. The second kappa shape index (κ2) is 10.5. The molecule has 6 heteroatoms. The van der Waals surface area contributed by atoms with Crippen molar-refractivity contribution in [1.82, 2.24) is 0 Å². The number of aliphatic hydroxyl groups excluding tert-OH is 2. The number of methoxy groups -OCH3 is 1. The summed E-state index contributed by atoms with van der Waals surface area (Å²) in [4.78, 5) is 12.7. The first kappa shape index (κ1) is 31.8. The van der Waals surface area contributed by atoms with Gasteiger partial charge in [-0.1, -0.05) is 50.5 Å². The minimum Gasteiger partial charge on any atom is -0.458 e. The maximum atomic E-state index is 12.7. The maximum Gasteiger partial charge on any atom is 0.317 e. The van der Waals surface area contributed by atoms with Gasteiger partial charge in [-0.3, -0.25) is 4.79 Å². The smallest absolute Gasteiger partial charge is 0.317 e. The number of esters is 1. The number of ether oxygens (including phenoxy) is 2. The Morgan fingerprint density at radius 3 is 2.18 bits per heavy atom. The van der Waals surface area contributed by atoms with Crippen LogP contribution in [0.2, 0.25) is 0 Å². The summed E-state index contributed by atoms with van der Waals surface area (Å²) < 4.78 is 12.0. The molecule has 4 saturated carbocycles. The largest absolute Gasteiger partial charge is 0.458 e. The fraction of sp³-hybridized carbons (Fsp3) is 0.970. The van der Waals surface area contributed by atoms with E-state index in [0.29, 0.717) is 11.8 Å². The minimum atomic E-state index is -0.626. The van der Waals surface area contributed by atoms with Crippen molar-refractivity contribution in [3.05, 3.63) is 0 Å². The molecule has 2 N–H and O–H groups in total. The first-order chi connectivity index (χ1) is 17.9. The van der Waals surface area contributed by atoms with E-state index < -0.39 is 11.7 Å². The standard InChI is InChI=1S/C33H57BrO5/c1-28(2,38-9)14-10-15-33(8,39-26(37)20-34)21-11-17-32(7)27(21)22(35)19-24-30(5)16-13-25(36)29(3,4)23(30)12-18-31(24,32)6/h21-25,27,35-36H,10-20H2,1-9H3/t21-,22+,23-,24+,25-,27-,30-,31+,32+,33+/m0/s1. The third kappa shape index (κ3) is 4.97. The molecule has 4 fully saturated rings. The molecule has 0 aromatic carbocycles. The predicted octanol–water partition coefficient (Wildman–Crippen LogP) is 7.30. The van der Waals surface area contributed by atoms with E-state index in [4.69, 9.17) is 9.47 Å². The minimum absolute atomic E-state index is 0.0257. The van der Waals surface area contributed by atoms with Gasteiger partial charge in [-0.25, -0.2) is 0 Å². The molecule has 0 radical (unpaired) electrons. The number of fused-ring (bicyclic) bond motifs is 5. The highest BCUT2D eigenvalue weighted by molar-refractivity contribution is 9.09. The quantitative estimate of drug-likeness (QED) is 0.222. The fourth-order valence-electron chi connectivity index (χ4n) is 11.0. The van der Waals surface area contributed by atoms with Crippen LogP contribution in [0.3, 0.4) is 0 Å². The van der Waals surface area contributed by atoms with E-state index in [1.165, 1.54) is 0 Å². The number of carbonyl (C=O) groups is 1. The van der Waals surface area contributed by atoms with Crippen molar-refractivity contribution < 1.29 is 24.5 Å². The van der Waals surface area contributed by atoms with E-state index in [1.54, 1.807) is 7.11 Å². The summed E-state index contributed by atoms with van der Waals surface area (Å²) in [5.74, 6) is 0.890. The second-order valence-electron chi connectivity index (χ2n) is 16.1. The fourth-order valence-corrected chi connectivity index (χ4v) is 11.1. The summed E-state index contributed by atoms with van der Waals surface area (Å²) in [6.07, 6.45) is 8.92. The predicted molar refractivity (Wildman–Crippen MR) is 160 cm³/mol. The Bertz CT molecular complexity index is 920. The molecule has 0 spiro atoms. The molecule has 226 valence electrons. The number of aliphatic hydroxyl groups is 2. The van der Waals surface area contributed by atoms with Crippen molar-refractivity contribution in [3.63, 3.8) is 0 Å². The molecule has 0 aliphatic heterocycles. The van der Waals surface area contributed by atoms with E-state index >= 15 is 0 Å². The molecule has 4 aliphatic rings. The van der Waals surface area contributed by atoms with Gasteiger partial charge < -0.3 is 19.7 Å². The van der Waals surface area contributed by atoms with Gasteiger partial charge in [0.05, 0.1) is 17.8 Å². The Hall–Kier alpha value is -0.170. The van der Waals surface area contributed by atoms with E-state index in [9.17, 15) is 15.0 Å². The lowest BCUT2D eigenvalue weighted by Crippen LogP contribution is -2.66. The number of rotatable bonds is 8. The van der Waals surface area contributed by atoms with Crippen LogP contribution in [0.25, 0.3) is 0 Å². The van der Waals surface area contributed by atoms with Gasteiger partial charge in [-0.2, -0.15) is 0 Å². The van der Waals surface area contributed by atoms with Crippen LogP contribution in [0.15, 0.2) is 0 Å². The molecule has 0 bridgehead atoms. The zero-order valence-electron chi connectivity index (χ0n) is 26.2. The molecule has 0 heterocycles. The first-order valence-electron chi connectivity index (χ1n) is 15.6. The van der Waals surface area contributed by atoms with Gasteiger partial charge in [0.2, 0.25) is 0 Å². The summed E-state index contributed by atoms with van der Waals surface area (Å²) in [7, 11) is 1.76. The van der Waals surface area contributed by atoms with Crippen LogP contribution in [-0.4, -0.2) is 52.0 Å². The lowest BCUT2D eigenvalue weighted by Gasteiger charge is -2.70. The average Bonchev–Trinajstić information content (AvgIpc) is 3.24. The summed E-state index contributed by atoms with van der Waals surface area (Å²) in [5, 5.41) is 23.2. The topological polar surface area (TPSA) is 76.0 Å². The van der Waals surface area contributed by atoms with Gasteiger partial charge in [0.25, 0.3) is 0 Å². The van der Waals surface area contributed by atoms with Crippen molar-refractivity contribution in [2.24, 2.45) is 45.3 Å². The summed E-state index contributed by atoms with van der Waals surface area (Å²) in [5.41, 5.74) is -0.756. The van der Waals surface area contributed by atoms with Gasteiger partial charge >= 0.3 is 5.97 Å². The molecule has 0 aromatic rings. The van der Waals surface area contributed by atoms with Crippen molar-refractivity contribution in [3.8, 4) is 0 Å². The number of carbonyl (C=O) groups excluding carboxylic acids is 1. The number of halogens is 1. The molecule has 39 heavy (non-hydrogen) atoms. The molecule has 0 saturated heterocycles. The molecule has 4 rings (SSSR count). The van der Waals surface area contributed by atoms with Crippen LogP contribution < -0.4 is 0 Å². The van der Waals surface area contributed by atoms with Gasteiger partial charge in [0, 0.05) is 13.0 Å². The number of hydrogen-bond acceptors (Lipinski definition) is 5. The van der Waals surface area contributed by atoms with Crippen molar-refractivity contribution >= 4 is 21.9 Å². The van der Waals surface area contributed by atoms with Crippen molar-refractivity contribution in [2.75, 3.05) is 12.4 Å². The molecule has 0 unspecified atom stereocenters. The Labute approximate surface area is 246 Å². The zero-order valence-corrected chi connectivity index (χ0v) is 27.8. The number of alkyl halides is 1. The van der Waals surface area contributed by atoms with Crippen molar-refractivity contribution in [1.29, 1.82) is 0 Å². The highest BCUT2D eigenvalue weighted by atomic mass is 79.9. The molecule has 10 atom stereocenters. The second-order valence-corrected chi connectivity index (χ2v) is 16.6. The average molecular weight is 614 g/mol. The van der Waals surface area contributed by atoms with Crippen LogP contribution in [-0.2, 0) is 14.3 Å². The Balaban J connectivity index is 1.67. The van der Waals surface area contributed by atoms with E-state index in [1.807, 2.05) is 0 Å². The van der Waals surface area contributed by atoms with Crippen LogP contribution in [0.4, 0.5) is 0 Å². The monoisotopic (exact) mass is 612 g/mol. The Morgan fingerprint density at radius 2 is 1.56 bits per heavy atom. The molecule has 0 aromatic heterocycles. The Morgan fingerprint density at radius 1 is 0.923 bits per heavy atom. The van der Waals surface area contributed by atoms with E-state index in [-0.39, 0.29) is 56.5 Å². The summed E-state index contributed by atoms with van der Waals surface area (Å²) in [6.45, 7) is 18.4. The Kier molecular flexibility index (Phi) is 8.57. The molecular formula is C33H57BrO5. The van der Waals surface area contributed by atoms with Crippen LogP contribution in [0, 0.1) is 45.3 Å². The summed E-state index contributed by atoms with van der Waals surface area (Å²) >= 11 is 3.32. The lowest BCUT2D eigenvalue weighted by atomic mass is 9.35. The third-order valence-electron chi connectivity index (χ3n) is 13.6. The molecule has 4 aliphatic carbocycles.